The highest BCUT2D eigenvalue weighted by Gasteiger charge is 2.44. The summed E-state index contributed by atoms with van der Waals surface area (Å²) in [4.78, 5) is 15.4. The van der Waals surface area contributed by atoms with Crippen LogP contribution in [0.1, 0.15) is 38.2 Å². The fourth-order valence-electron chi connectivity index (χ4n) is 4.08. The number of carbonyl (C=O) groups is 1. The zero-order valence-electron chi connectivity index (χ0n) is 14.3. The molecule has 1 aromatic carbocycles. The van der Waals surface area contributed by atoms with E-state index in [0.29, 0.717) is 12.3 Å². The fraction of sp³-hybridized carbons (Fsp3) is 0.632. The van der Waals surface area contributed by atoms with Crippen LogP contribution >= 0.6 is 12.4 Å². The number of fused-ring (bicyclic) bond motifs is 3. The number of hydrogen-bond donors (Lipinski definition) is 1. The number of ether oxygens (including phenoxy) is 1. The standard InChI is InChI=1S/C19H27NO3.ClH/c1-2-10-19(14-21,16-6-4-3-5-7-16)18(22)23-17-13-20-11-8-15(17)9-12-20;/h3-7,15,17,21H,2,8-14H2,1H3;1H. The molecule has 2 bridgehead atoms. The maximum absolute atomic E-state index is 13.0. The van der Waals surface area contributed by atoms with E-state index in [1.165, 1.54) is 0 Å². The average Bonchev–Trinajstić information content (AvgIpc) is 2.61. The Morgan fingerprint density at radius 2 is 1.96 bits per heavy atom. The van der Waals surface area contributed by atoms with Crippen molar-refractivity contribution < 1.29 is 14.6 Å². The van der Waals surface area contributed by atoms with Gasteiger partial charge in [0.2, 0.25) is 0 Å². The van der Waals surface area contributed by atoms with Crippen LogP contribution in [0.4, 0.5) is 0 Å². The number of rotatable bonds is 6. The van der Waals surface area contributed by atoms with Gasteiger partial charge in [0.15, 0.2) is 0 Å². The lowest BCUT2D eigenvalue weighted by atomic mass is 9.77. The normalized spacial score (nSPS) is 27.8. The molecule has 2 atom stereocenters. The third kappa shape index (κ3) is 3.61. The Labute approximate surface area is 150 Å². The summed E-state index contributed by atoms with van der Waals surface area (Å²) in [6, 6.07) is 9.59. The third-order valence-electron chi connectivity index (χ3n) is 5.52. The average molecular weight is 354 g/mol. The highest BCUT2D eigenvalue weighted by atomic mass is 35.5. The van der Waals surface area contributed by atoms with Gasteiger partial charge in [0, 0.05) is 6.54 Å². The molecule has 3 saturated heterocycles. The minimum atomic E-state index is -0.929. The molecule has 0 aromatic heterocycles. The number of carbonyl (C=O) groups excluding carboxylic acids is 1. The lowest BCUT2D eigenvalue weighted by Gasteiger charge is -2.45. The van der Waals surface area contributed by atoms with Gasteiger partial charge in [-0.15, -0.1) is 12.4 Å². The van der Waals surface area contributed by atoms with Crippen molar-refractivity contribution in [3.8, 4) is 0 Å². The summed E-state index contributed by atoms with van der Waals surface area (Å²) in [6.45, 7) is 4.92. The first-order valence-electron chi connectivity index (χ1n) is 8.79. The zero-order valence-corrected chi connectivity index (χ0v) is 15.1. The molecule has 5 heteroatoms. The van der Waals surface area contributed by atoms with E-state index in [0.717, 1.165) is 44.5 Å². The summed E-state index contributed by atoms with van der Waals surface area (Å²) in [5.74, 6) is 0.226. The molecule has 3 aliphatic rings. The summed E-state index contributed by atoms with van der Waals surface area (Å²) in [7, 11) is 0. The molecule has 134 valence electrons. The number of halogens is 1. The predicted molar refractivity (Wildman–Crippen MR) is 96.4 cm³/mol. The minimum absolute atomic E-state index is 0. The number of hydrogen-bond acceptors (Lipinski definition) is 4. The van der Waals surface area contributed by atoms with E-state index in [4.69, 9.17) is 4.74 Å². The quantitative estimate of drug-likeness (QED) is 0.799. The number of aliphatic hydroxyl groups excluding tert-OH is 1. The molecule has 0 spiro atoms. The maximum Gasteiger partial charge on any atom is 0.319 e. The molecule has 0 saturated carbocycles. The molecule has 0 radical (unpaired) electrons. The smallest absolute Gasteiger partial charge is 0.319 e. The van der Waals surface area contributed by atoms with Crippen LogP contribution < -0.4 is 0 Å². The molecule has 1 N–H and O–H groups in total. The molecular formula is C19H28ClNO3. The van der Waals surface area contributed by atoms with Crippen LogP contribution in [0.25, 0.3) is 0 Å². The highest BCUT2D eigenvalue weighted by Crippen LogP contribution is 2.35. The van der Waals surface area contributed by atoms with Crippen LogP contribution in [0.2, 0.25) is 0 Å². The Morgan fingerprint density at radius 1 is 1.29 bits per heavy atom. The second kappa shape index (κ2) is 8.32. The summed E-state index contributed by atoms with van der Waals surface area (Å²) in [5, 5.41) is 10.1. The molecule has 4 nitrogen and oxygen atoms in total. The Bertz CT molecular complexity index is 531. The molecule has 0 amide bonds. The lowest BCUT2D eigenvalue weighted by molar-refractivity contribution is -0.168. The number of benzene rings is 1. The molecule has 4 rings (SSSR count). The second-order valence-electron chi connectivity index (χ2n) is 6.94. The van der Waals surface area contributed by atoms with Crippen LogP contribution in [-0.2, 0) is 14.9 Å². The second-order valence-corrected chi connectivity index (χ2v) is 6.94. The number of aliphatic hydroxyl groups is 1. The lowest BCUT2D eigenvalue weighted by Crippen LogP contribution is -2.54. The van der Waals surface area contributed by atoms with Crippen LogP contribution in [0, 0.1) is 5.92 Å². The van der Waals surface area contributed by atoms with Crippen LogP contribution in [0.5, 0.6) is 0 Å². The van der Waals surface area contributed by atoms with E-state index in [1.54, 1.807) is 0 Å². The van der Waals surface area contributed by atoms with Gasteiger partial charge in [-0.2, -0.15) is 0 Å². The zero-order chi connectivity index (χ0) is 16.3. The van der Waals surface area contributed by atoms with Crippen molar-refractivity contribution in [3.63, 3.8) is 0 Å². The van der Waals surface area contributed by atoms with Crippen molar-refractivity contribution in [1.82, 2.24) is 4.90 Å². The molecular weight excluding hydrogens is 326 g/mol. The van der Waals surface area contributed by atoms with Crippen molar-refractivity contribution in [2.45, 2.75) is 44.1 Å². The molecule has 3 heterocycles. The number of esters is 1. The number of piperidine rings is 3. The first kappa shape index (κ1) is 19.2. The van der Waals surface area contributed by atoms with Gasteiger partial charge >= 0.3 is 5.97 Å². The van der Waals surface area contributed by atoms with E-state index in [9.17, 15) is 9.90 Å². The van der Waals surface area contributed by atoms with Crippen molar-refractivity contribution in [1.29, 1.82) is 0 Å². The number of nitrogens with zero attached hydrogens (tertiary/aromatic N) is 1. The first-order chi connectivity index (χ1) is 11.2. The van der Waals surface area contributed by atoms with E-state index < -0.39 is 5.41 Å². The van der Waals surface area contributed by atoms with Gasteiger partial charge in [-0.05, 0) is 43.8 Å². The Hall–Kier alpha value is -1.10. The van der Waals surface area contributed by atoms with Crippen LogP contribution in [0.3, 0.4) is 0 Å². The molecule has 2 unspecified atom stereocenters. The van der Waals surface area contributed by atoms with Crippen molar-refractivity contribution in [3.05, 3.63) is 35.9 Å². The van der Waals surface area contributed by atoms with Gasteiger partial charge in [0.25, 0.3) is 0 Å². The van der Waals surface area contributed by atoms with Crippen LogP contribution in [-0.4, -0.2) is 48.3 Å². The molecule has 0 aliphatic carbocycles. The first-order valence-corrected chi connectivity index (χ1v) is 8.79. The van der Waals surface area contributed by atoms with Crippen molar-refractivity contribution in [2.24, 2.45) is 5.92 Å². The SMILES string of the molecule is CCCC(CO)(C(=O)OC1CN2CCC1CC2)c1ccccc1.Cl. The monoisotopic (exact) mass is 353 g/mol. The van der Waals surface area contributed by atoms with Gasteiger partial charge in [-0.1, -0.05) is 43.7 Å². The van der Waals surface area contributed by atoms with E-state index in [1.807, 2.05) is 37.3 Å². The maximum atomic E-state index is 13.0. The Kier molecular flexibility index (Phi) is 6.67. The highest BCUT2D eigenvalue weighted by molar-refractivity contribution is 5.85. The Morgan fingerprint density at radius 3 is 2.46 bits per heavy atom. The summed E-state index contributed by atoms with van der Waals surface area (Å²) >= 11 is 0. The van der Waals surface area contributed by atoms with Gasteiger partial charge in [0.05, 0.1) is 6.61 Å². The van der Waals surface area contributed by atoms with Crippen LogP contribution in [0.15, 0.2) is 30.3 Å². The fourth-order valence-corrected chi connectivity index (χ4v) is 4.08. The molecule has 24 heavy (non-hydrogen) atoms. The van der Waals surface area contributed by atoms with E-state index in [2.05, 4.69) is 4.90 Å². The molecule has 1 aromatic rings. The molecule has 3 aliphatic heterocycles. The van der Waals surface area contributed by atoms with E-state index >= 15 is 0 Å². The summed E-state index contributed by atoms with van der Waals surface area (Å²) in [6.07, 6.45) is 3.64. The largest absolute Gasteiger partial charge is 0.460 e. The van der Waals surface area contributed by atoms with Gasteiger partial charge < -0.3 is 9.84 Å². The topological polar surface area (TPSA) is 49.8 Å². The van der Waals surface area contributed by atoms with Gasteiger partial charge in [-0.3, -0.25) is 9.69 Å². The minimum Gasteiger partial charge on any atom is -0.460 e. The molecule has 3 fully saturated rings. The van der Waals surface area contributed by atoms with E-state index in [-0.39, 0.29) is 31.1 Å². The van der Waals surface area contributed by atoms with Gasteiger partial charge in [-0.25, -0.2) is 0 Å². The summed E-state index contributed by atoms with van der Waals surface area (Å²) in [5.41, 5.74) is -0.0715. The predicted octanol–water partition coefficient (Wildman–Crippen LogP) is 2.78. The summed E-state index contributed by atoms with van der Waals surface area (Å²) < 4.78 is 5.95. The van der Waals surface area contributed by atoms with Gasteiger partial charge in [0.1, 0.15) is 11.5 Å². The third-order valence-corrected chi connectivity index (χ3v) is 5.52. The Balaban J connectivity index is 0.00000208. The van der Waals surface area contributed by atoms with Crippen molar-refractivity contribution in [2.75, 3.05) is 26.2 Å². The van der Waals surface area contributed by atoms with Crippen molar-refractivity contribution >= 4 is 18.4 Å².